The van der Waals surface area contributed by atoms with Crippen LogP contribution < -0.4 is 5.73 Å². The highest BCUT2D eigenvalue weighted by molar-refractivity contribution is 7.13. The van der Waals surface area contributed by atoms with Crippen molar-refractivity contribution < 1.29 is 4.39 Å². The van der Waals surface area contributed by atoms with Crippen LogP contribution >= 0.6 is 22.9 Å². The second-order valence-corrected chi connectivity index (χ2v) is 4.43. The topological polar surface area (TPSA) is 38.9 Å². The second-order valence-electron chi connectivity index (χ2n) is 3.14. The van der Waals surface area contributed by atoms with Crippen LogP contribution in [0.25, 0.3) is 11.3 Å². The number of halogens is 2. The maximum absolute atomic E-state index is 13.4. The molecule has 15 heavy (non-hydrogen) atoms. The standard InChI is InChI=1S/C10H8ClFN2S/c1-5-7(11)2-6(3-8(5)12)9-4-15-10(13)14-9/h2-4H,1H3,(H2,13,14). The van der Waals surface area contributed by atoms with E-state index in [0.717, 1.165) is 0 Å². The Hall–Kier alpha value is -1.13. The summed E-state index contributed by atoms with van der Waals surface area (Å²) in [5, 5.41) is 2.63. The largest absolute Gasteiger partial charge is 0.375 e. The number of anilines is 1. The van der Waals surface area contributed by atoms with Gasteiger partial charge in [-0.05, 0) is 19.1 Å². The molecule has 1 aromatic heterocycles. The number of hydrogen-bond acceptors (Lipinski definition) is 3. The predicted octanol–water partition coefficient (Wildman–Crippen LogP) is 3.49. The molecule has 0 aliphatic rings. The van der Waals surface area contributed by atoms with E-state index >= 15 is 0 Å². The minimum atomic E-state index is -0.330. The smallest absolute Gasteiger partial charge is 0.180 e. The van der Waals surface area contributed by atoms with Gasteiger partial charge in [0.05, 0.1) is 5.69 Å². The van der Waals surface area contributed by atoms with Gasteiger partial charge in [0.1, 0.15) is 5.82 Å². The van der Waals surface area contributed by atoms with Gasteiger partial charge in [0.15, 0.2) is 5.13 Å². The number of hydrogen-bond donors (Lipinski definition) is 1. The van der Waals surface area contributed by atoms with Gasteiger partial charge in [-0.15, -0.1) is 11.3 Å². The average molecular weight is 243 g/mol. The number of rotatable bonds is 1. The minimum Gasteiger partial charge on any atom is -0.375 e. The molecule has 0 bridgehead atoms. The Morgan fingerprint density at radius 1 is 1.47 bits per heavy atom. The van der Waals surface area contributed by atoms with Crippen molar-refractivity contribution in [2.75, 3.05) is 5.73 Å². The zero-order valence-corrected chi connectivity index (χ0v) is 9.49. The van der Waals surface area contributed by atoms with Crippen LogP contribution in [0.3, 0.4) is 0 Å². The summed E-state index contributed by atoms with van der Waals surface area (Å²) in [6.07, 6.45) is 0. The molecule has 0 unspecified atom stereocenters. The molecule has 5 heteroatoms. The lowest BCUT2D eigenvalue weighted by Gasteiger charge is -2.02. The van der Waals surface area contributed by atoms with E-state index < -0.39 is 0 Å². The lowest BCUT2D eigenvalue weighted by atomic mass is 10.1. The first-order valence-corrected chi connectivity index (χ1v) is 5.50. The lowest BCUT2D eigenvalue weighted by molar-refractivity contribution is 0.619. The van der Waals surface area contributed by atoms with E-state index in [1.54, 1.807) is 18.4 Å². The van der Waals surface area contributed by atoms with Crippen molar-refractivity contribution in [3.8, 4) is 11.3 Å². The summed E-state index contributed by atoms with van der Waals surface area (Å²) in [7, 11) is 0. The normalized spacial score (nSPS) is 10.6. The number of nitrogen functional groups attached to an aromatic ring is 1. The molecule has 0 spiro atoms. The number of nitrogens with zero attached hydrogens (tertiary/aromatic N) is 1. The molecule has 2 nitrogen and oxygen atoms in total. The SMILES string of the molecule is Cc1c(F)cc(-c2csc(N)n2)cc1Cl. The molecule has 0 saturated heterocycles. The van der Waals surface area contributed by atoms with Crippen LogP contribution in [0.2, 0.25) is 5.02 Å². The molecule has 78 valence electrons. The van der Waals surface area contributed by atoms with Crippen LogP contribution in [-0.2, 0) is 0 Å². The molecule has 0 aliphatic heterocycles. The first-order valence-electron chi connectivity index (χ1n) is 4.25. The van der Waals surface area contributed by atoms with E-state index in [1.807, 2.05) is 0 Å². The fraction of sp³-hybridized carbons (Fsp3) is 0.100. The van der Waals surface area contributed by atoms with E-state index in [4.69, 9.17) is 17.3 Å². The first-order chi connectivity index (χ1) is 7.08. The summed E-state index contributed by atoms with van der Waals surface area (Å²) in [4.78, 5) is 4.06. The molecule has 2 N–H and O–H groups in total. The van der Waals surface area contributed by atoms with Gasteiger partial charge in [0.2, 0.25) is 0 Å². The molecule has 0 fully saturated rings. The summed E-state index contributed by atoms with van der Waals surface area (Å²) < 4.78 is 13.4. The van der Waals surface area contributed by atoms with Gasteiger partial charge in [-0.25, -0.2) is 9.37 Å². The Balaban J connectivity index is 2.55. The molecule has 1 aromatic carbocycles. The third-order valence-corrected chi connectivity index (χ3v) is 3.17. The molecular formula is C10H8ClFN2S. The van der Waals surface area contributed by atoms with Crippen molar-refractivity contribution in [1.29, 1.82) is 0 Å². The van der Waals surface area contributed by atoms with Gasteiger partial charge in [0.25, 0.3) is 0 Å². The Kier molecular flexibility index (Phi) is 2.63. The minimum absolute atomic E-state index is 0.330. The van der Waals surface area contributed by atoms with E-state index in [9.17, 15) is 4.39 Å². The Bertz CT molecular complexity index is 487. The van der Waals surface area contributed by atoms with Crippen molar-refractivity contribution in [3.05, 3.63) is 33.9 Å². The van der Waals surface area contributed by atoms with E-state index in [-0.39, 0.29) is 5.82 Å². The van der Waals surface area contributed by atoms with Crippen molar-refractivity contribution in [2.24, 2.45) is 0 Å². The summed E-state index contributed by atoms with van der Waals surface area (Å²) in [6.45, 7) is 1.64. The van der Waals surface area contributed by atoms with Crippen molar-refractivity contribution in [3.63, 3.8) is 0 Å². The fourth-order valence-electron chi connectivity index (χ4n) is 1.21. The Morgan fingerprint density at radius 2 is 2.20 bits per heavy atom. The number of aromatic nitrogens is 1. The second kappa shape index (κ2) is 3.79. The lowest BCUT2D eigenvalue weighted by Crippen LogP contribution is -1.88. The summed E-state index contributed by atoms with van der Waals surface area (Å²) in [5.74, 6) is -0.330. The molecular weight excluding hydrogens is 235 g/mol. The maximum atomic E-state index is 13.4. The van der Waals surface area contributed by atoms with Gasteiger partial charge in [0, 0.05) is 21.5 Å². The first kappa shape index (κ1) is 10.4. The zero-order valence-electron chi connectivity index (χ0n) is 7.92. The zero-order chi connectivity index (χ0) is 11.0. The van der Waals surface area contributed by atoms with Crippen LogP contribution in [0.4, 0.5) is 9.52 Å². The van der Waals surface area contributed by atoms with Crippen molar-refractivity contribution in [2.45, 2.75) is 6.92 Å². The Morgan fingerprint density at radius 3 is 2.73 bits per heavy atom. The van der Waals surface area contributed by atoms with Crippen LogP contribution in [-0.4, -0.2) is 4.98 Å². The van der Waals surface area contributed by atoms with Crippen LogP contribution in [0, 0.1) is 12.7 Å². The molecule has 2 rings (SSSR count). The van der Waals surface area contributed by atoms with E-state index in [0.29, 0.717) is 27.0 Å². The van der Waals surface area contributed by atoms with Gasteiger partial charge in [-0.3, -0.25) is 0 Å². The highest BCUT2D eigenvalue weighted by Gasteiger charge is 2.09. The van der Waals surface area contributed by atoms with Crippen molar-refractivity contribution >= 4 is 28.1 Å². The van der Waals surface area contributed by atoms with Gasteiger partial charge < -0.3 is 5.73 Å². The summed E-state index contributed by atoms with van der Waals surface area (Å²) in [5.41, 5.74) is 7.25. The predicted molar refractivity (Wildman–Crippen MR) is 61.7 cm³/mol. The molecule has 0 aliphatic carbocycles. The van der Waals surface area contributed by atoms with Gasteiger partial charge in [-0.2, -0.15) is 0 Å². The van der Waals surface area contributed by atoms with Crippen LogP contribution in [0.1, 0.15) is 5.56 Å². The number of thiazole rings is 1. The van der Waals surface area contributed by atoms with E-state index in [2.05, 4.69) is 4.98 Å². The van der Waals surface area contributed by atoms with Crippen molar-refractivity contribution in [1.82, 2.24) is 4.98 Å². The quantitative estimate of drug-likeness (QED) is 0.831. The third-order valence-electron chi connectivity index (χ3n) is 2.10. The molecule has 2 aromatic rings. The summed E-state index contributed by atoms with van der Waals surface area (Å²) in [6, 6.07) is 3.10. The van der Waals surface area contributed by atoms with Crippen LogP contribution in [0.5, 0.6) is 0 Å². The number of benzene rings is 1. The molecule has 0 saturated carbocycles. The number of nitrogens with two attached hydrogens (primary N) is 1. The average Bonchev–Trinajstić information content (AvgIpc) is 2.60. The molecule has 0 radical (unpaired) electrons. The molecule has 0 amide bonds. The van der Waals surface area contributed by atoms with Crippen LogP contribution in [0.15, 0.2) is 17.5 Å². The fourth-order valence-corrected chi connectivity index (χ4v) is 1.99. The highest BCUT2D eigenvalue weighted by Crippen LogP contribution is 2.28. The van der Waals surface area contributed by atoms with E-state index in [1.165, 1.54) is 17.4 Å². The summed E-state index contributed by atoms with van der Waals surface area (Å²) >= 11 is 7.20. The maximum Gasteiger partial charge on any atom is 0.180 e. The molecule has 1 heterocycles. The van der Waals surface area contributed by atoms with Gasteiger partial charge in [-0.1, -0.05) is 11.6 Å². The monoisotopic (exact) mass is 242 g/mol. The highest BCUT2D eigenvalue weighted by atomic mass is 35.5. The Labute approximate surface area is 95.5 Å². The van der Waals surface area contributed by atoms with Gasteiger partial charge >= 0.3 is 0 Å². The molecule has 0 atom stereocenters. The third kappa shape index (κ3) is 1.96.